The number of hydrogen-bond donors (Lipinski definition) is 4. The number of nitrogens with one attached hydrogen (secondary N) is 1. The summed E-state index contributed by atoms with van der Waals surface area (Å²) in [5.41, 5.74) is 27.9. The van der Waals surface area contributed by atoms with Gasteiger partial charge < -0.3 is 22.2 Å². The van der Waals surface area contributed by atoms with E-state index in [1.165, 1.54) is 6.26 Å². The van der Waals surface area contributed by atoms with Crippen LogP contribution < -0.4 is 17.2 Å². The van der Waals surface area contributed by atoms with Gasteiger partial charge in [0.1, 0.15) is 11.5 Å². The summed E-state index contributed by atoms with van der Waals surface area (Å²) < 4.78 is 26.0. The van der Waals surface area contributed by atoms with Gasteiger partial charge in [-0.15, -0.1) is 0 Å². The van der Waals surface area contributed by atoms with Gasteiger partial charge in [0.15, 0.2) is 9.84 Å². The number of fused-ring (bicyclic) bond motifs is 4. The Morgan fingerprint density at radius 2 is 1.54 bits per heavy atom. The minimum atomic E-state index is -3.32. The Kier molecular flexibility index (Phi) is 5.30. The summed E-state index contributed by atoms with van der Waals surface area (Å²) in [5.74, 6) is 0.516. The van der Waals surface area contributed by atoms with E-state index in [1.807, 2.05) is 52.9 Å². The van der Waals surface area contributed by atoms with E-state index in [-0.39, 0.29) is 18.0 Å². The Morgan fingerprint density at radius 1 is 0.865 bits per heavy atom. The summed E-state index contributed by atoms with van der Waals surface area (Å²) >= 11 is 0. The van der Waals surface area contributed by atoms with Crippen LogP contribution in [0.3, 0.4) is 0 Å². The quantitative estimate of drug-likeness (QED) is 0.273. The smallest absolute Gasteiger partial charge is 0.175 e. The van der Waals surface area contributed by atoms with Crippen molar-refractivity contribution in [1.82, 2.24) is 14.4 Å². The van der Waals surface area contributed by atoms with Gasteiger partial charge >= 0.3 is 0 Å². The van der Waals surface area contributed by atoms with Gasteiger partial charge in [0, 0.05) is 52.5 Å². The SMILES string of the molecule is CS(=O)(=O)c1ccc(-c2[nH]c3ccccc3c2-c2c(CN)c(N)n3c(nc4ccccc43)c2CN)cc1. The van der Waals surface area contributed by atoms with E-state index in [1.54, 1.807) is 24.3 Å². The maximum absolute atomic E-state index is 12.1. The van der Waals surface area contributed by atoms with E-state index in [2.05, 4.69) is 4.98 Å². The summed E-state index contributed by atoms with van der Waals surface area (Å²) in [7, 11) is -3.32. The van der Waals surface area contributed by atoms with Crippen LogP contribution in [-0.4, -0.2) is 29.0 Å². The molecule has 0 saturated carbocycles. The van der Waals surface area contributed by atoms with Gasteiger partial charge in [-0.25, -0.2) is 13.4 Å². The van der Waals surface area contributed by atoms with Gasteiger partial charge in [-0.1, -0.05) is 42.5 Å². The van der Waals surface area contributed by atoms with Crippen LogP contribution in [0.5, 0.6) is 0 Å². The molecule has 9 heteroatoms. The summed E-state index contributed by atoms with van der Waals surface area (Å²) in [6.45, 7) is 0.421. The predicted octanol–water partition coefficient (Wildman–Crippen LogP) is 4.21. The average molecular weight is 511 g/mol. The molecule has 7 N–H and O–H groups in total. The average Bonchev–Trinajstić information content (AvgIpc) is 3.47. The second-order valence-electron chi connectivity index (χ2n) is 9.10. The molecule has 3 heterocycles. The first kappa shape index (κ1) is 23.2. The van der Waals surface area contributed by atoms with Gasteiger partial charge in [-0.2, -0.15) is 0 Å². The van der Waals surface area contributed by atoms with Crippen molar-refractivity contribution in [3.8, 4) is 22.4 Å². The van der Waals surface area contributed by atoms with Crippen LogP contribution in [-0.2, 0) is 22.9 Å². The molecule has 3 aromatic carbocycles. The van der Waals surface area contributed by atoms with E-state index < -0.39 is 9.84 Å². The predicted molar refractivity (Wildman–Crippen MR) is 149 cm³/mol. The number of aromatic nitrogens is 3. The molecule has 6 aromatic rings. The van der Waals surface area contributed by atoms with Crippen LogP contribution in [0.15, 0.2) is 77.7 Å². The largest absolute Gasteiger partial charge is 0.384 e. The van der Waals surface area contributed by atoms with Gasteiger partial charge in [0.25, 0.3) is 0 Å². The highest BCUT2D eigenvalue weighted by Gasteiger charge is 2.26. The first-order valence-corrected chi connectivity index (χ1v) is 13.7. The van der Waals surface area contributed by atoms with Crippen LogP contribution in [0, 0.1) is 0 Å². The minimum Gasteiger partial charge on any atom is -0.384 e. The second kappa shape index (κ2) is 8.45. The van der Waals surface area contributed by atoms with Gasteiger partial charge in [-0.3, -0.25) is 4.40 Å². The maximum Gasteiger partial charge on any atom is 0.175 e. The van der Waals surface area contributed by atoms with Gasteiger partial charge in [0.05, 0.1) is 21.6 Å². The zero-order valence-corrected chi connectivity index (χ0v) is 21.0. The van der Waals surface area contributed by atoms with Crippen LogP contribution in [0.4, 0.5) is 5.82 Å². The van der Waals surface area contributed by atoms with Crippen LogP contribution in [0.25, 0.3) is 50.0 Å². The standard InChI is InChI=1S/C28H26N6O2S/c1-37(35,36)17-12-10-16(11-13-17)26-25(18-6-2-3-7-21(18)32-26)24-19(14-29)27(31)34-23-9-5-4-8-22(23)33-28(34)20(24)15-30/h2-13,32H,14-15,29-31H2,1H3. The minimum absolute atomic E-state index is 0.197. The molecule has 0 aliphatic carbocycles. The third-order valence-corrected chi connectivity index (χ3v) is 8.05. The molecular formula is C28H26N6O2S. The van der Waals surface area contributed by atoms with E-state index in [0.29, 0.717) is 11.5 Å². The van der Waals surface area contributed by atoms with Crippen LogP contribution >= 0.6 is 0 Å². The number of sulfone groups is 1. The van der Waals surface area contributed by atoms with E-state index in [0.717, 1.165) is 55.4 Å². The number of nitrogen functional groups attached to an aromatic ring is 1. The van der Waals surface area contributed by atoms with Crippen molar-refractivity contribution < 1.29 is 8.42 Å². The molecule has 0 aliphatic rings. The molecule has 0 bridgehead atoms. The van der Waals surface area contributed by atoms with Crippen molar-refractivity contribution in [2.24, 2.45) is 11.5 Å². The Labute approximate surface area is 213 Å². The molecule has 0 radical (unpaired) electrons. The number of imidazole rings is 1. The third kappa shape index (κ3) is 3.51. The molecule has 0 atom stereocenters. The Bertz CT molecular complexity index is 1940. The topological polar surface area (TPSA) is 145 Å². The number of pyridine rings is 1. The molecule has 0 saturated heterocycles. The molecule has 0 unspecified atom stereocenters. The molecule has 0 fully saturated rings. The fraction of sp³-hybridized carbons (Fsp3) is 0.107. The summed E-state index contributed by atoms with van der Waals surface area (Å²) in [5, 5.41) is 0.981. The molecule has 0 aliphatic heterocycles. The number of H-pyrrole nitrogens is 1. The number of para-hydroxylation sites is 3. The molecule has 3 aromatic heterocycles. The normalized spacial score (nSPS) is 12.2. The van der Waals surface area contributed by atoms with Crippen molar-refractivity contribution in [2.45, 2.75) is 18.0 Å². The third-order valence-electron chi connectivity index (χ3n) is 6.92. The lowest BCUT2D eigenvalue weighted by Gasteiger charge is -2.19. The van der Waals surface area contributed by atoms with Crippen molar-refractivity contribution in [1.29, 1.82) is 0 Å². The fourth-order valence-corrected chi connectivity index (χ4v) is 5.85. The number of anilines is 1. The molecule has 6 rings (SSSR count). The molecule has 0 spiro atoms. The van der Waals surface area contributed by atoms with Gasteiger partial charge in [0.2, 0.25) is 0 Å². The monoisotopic (exact) mass is 510 g/mol. The molecule has 0 amide bonds. The van der Waals surface area contributed by atoms with Gasteiger partial charge in [-0.05, 0) is 35.9 Å². The molecule has 8 nitrogen and oxygen atoms in total. The van der Waals surface area contributed by atoms with E-state index >= 15 is 0 Å². The summed E-state index contributed by atoms with van der Waals surface area (Å²) in [6, 6.07) is 22.7. The Balaban J connectivity index is 1.75. The number of rotatable bonds is 5. The lowest BCUT2D eigenvalue weighted by atomic mass is 9.91. The number of hydrogen-bond acceptors (Lipinski definition) is 6. The molecule has 186 valence electrons. The first-order chi connectivity index (χ1) is 17.8. The highest BCUT2D eigenvalue weighted by molar-refractivity contribution is 7.90. The fourth-order valence-electron chi connectivity index (χ4n) is 5.22. The Hall–Kier alpha value is -4.18. The lowest BCUT2D eigenvalue weighted by molar-refractivity contribution is 0.602. The highest BCUT2D eigenvalue weighted by Crippen LogP contribution is 2.44. The number of benzene rings is 3. The zero-order chi connectivity index (χ0) is 25.9. The van der Waals surface area contributed by atoms with Crippen molar-refractivity contribution in [3.05, 3.63) is 83.9 Å². The first-order valence-electron chi connectivity index (χ1n) is 11.9. The zero-order valence-electron chi connectivity index (χ0n) is 20.2. The lowest BCUT2D eigenvalue weighted by Crippen LogP contribution is -2.14. The molecule has 37 heavy (non-hydrogen) atoms. The van der Waals surface area contributed by atoms with E-state index in [9.17, 15) is 8.42 Å². The van der Waals surface area contributed by atoms with Crippen LogP contribution in [0.1, 0.15) is 11.1 Å². The molecular weight excluding hydrogens is 484 g/mol. The number of nitrogens with two attached hydrogens (primary N) is 3. The van der Waals surface area contributed by atoms with Crippen LogP contribution in [0.2, 0.25) is 0 Å². The van der Waals surface area contributed by atoms with E-state index in [4.69, 9.17) is 22.2 Å². The number of nitrogens with zero attached hydrogens (tertiary/aromatic N) is 2. The second-order valence-corrected chi connectivity index (χ2v) is 11.1. The maximum atomic E-state index is 12.1. The highest BCUT2D eigenvalue weighted by atomic mass is 32.2. The Morgan fingerprint density at radius 3 is 2.24 bits per heavy atom. The summed E-state index contributed by atoms with van der Waals surface area (Å²) in [6.07, 6.45) is 1.20. The van der Waals surface area contributed by atoms with Crippen molar-refractivity contribution in [3.63, 3.8) is 0 Å². The summed E-state index contributed by atoms with van der Waals surface area (Å²) in [4.78, 5) is 8.69. The van der Waals surface area contributed by atoms with Crippen molar-refractivity contribution >= 4 is 43.2 Å². The number of aromatic amines is 1. The van der Waals surface area contributed by atoms with Crippen molar-refractivity contribution in [2.75, 3.05) is 12.0 Å².